The highest BCUT2D eigenvalue weighted by Gasteiger charge is 2.07. The minimum atomic E-state index is -0.448. The van der Waals surface area contributed by atoms with E-state index in [2.05, 4.69) is 26.9 Å². The van der Waals surface area contributed by atoms with Gasteiger partial charge in [0.15, 0.2) is 11.8 Å². The monoisotopic (exact) mass is 325 g/mol. The number of nitrogens with one attached hydrogen (secondary N) is 2. The highest BCUT2D eigenvalue weighted by atomic mass is 16.5. The van der Waals surface area contributed by atoms with Crippen molar-refractivity contribution in [3.05, 3.63) is 47.7 Å². The third-order valence-corrected chi connectivity index (χ3v) is 3.29. The van der Waals surface area contributed by atoms with E-state index in [0.717, 1.165) is 5.56 Å². The molecule has 1 unspecified atom stereocenters. The Morgan fingerprint density at radius 1 is 1.33 bits per heavy atom. The molecule has 2 N–H and O–H groups in total. The maximum absolute atomic E-state index is 11.4. The van der Waals surface area contributed by atoms with Crippen molar-refractivity contribution in [1.29, 1.82) is 5.26 Å². The third-order valence-electron chi connectivity index (χ3n) is 3.29. The van der Waals surface area contributed by atoms with E-state index in [1.165, 1.54) is 0 Å². The van der Waals surface area contributed by atoms with Gasteiger partial charge in [0, 0.05) is 13.6 Å². The molecule has 1 amide bonds. The standard InChI is InChI=1S/C17H19N5O2/c1-3-13(10-18)24-14-6-4-5-12(9-14)11-20-16-8-7-15(21-22-16)17(23)19-2/h4-9,13H,3,11H2,1-2H3,(H,19,23)(H,20,22). The van der Waals surface area contributed by atoms with Crippen LogP contribution in [0.15, 0.2) is 36.4 Å². The number of hydrogen-bond acceptors (Lipinski definition) is 6. The SMILES string of the molecule is CCC(C#N)Oc1cccc(CNc2ccc(C(=O)NC)nn2)c1. The summed E-state index contributed by atoms with van der Waals surface area (Å²) < 4.78 is 5.60. The molecule has 1 aromatic heterocycles. The molecule has 0 fully saturated rings. The molecule has 7 nitrogen and oxygen atoms in total. The maximum Gasteiger partial charge on any atom is 0.271 e. The number of amides is 1. The number of aromatic nitrogens is 2. The van der Waals surface area contributed by atoms with Crippen molar-refractivity contribution >= 4 is 11.7 Å². The van der Waals surface area contributed by atoms with E-state index in [4.69, 9.17) is 10.00 Å². The molecule has 124 valence electrons. The fourth-order valence-corrected chi connectivity index (χ4v) is 1.96. The Kier molecular flexibility index (Phi) is 6.08. The van der Waals surface area contributed by atoms with Crippen LogP contribution in [-0.4, -0.2) is 29.3 Å². The summed E-state index contributed by atoms with van der Waals surface area (Å²) in [5.41, 5.74) is 1.25. The van der Waals surface area contributed by atoms with Crippen molar-refractivity contribution in [2.45, 2.75) is 26.0 Å². The average molecular weight is 325 g/mol. The quantitative estimate of drug-likeness (QED) is 0.809. The molecule has 0 aliphatic heterocycles. The number of carbonyl (C=O) groups is 1. The van der Waals surface area contributed by atoms with Gasteiger partial charge in [-0.05, 0) is 36.2 Å². The van der Waals surface area contributed by atoms with Crippen molar-refractivity contribution in [2.75, 3.05) is 12.4 Å². The Bertz CT molecular complexity index is 725. The molecule has 1 atom stereocenters. The Hall–Kier alpha value is -3.14. The van der Waals surface area contributed by atoms with E-state index in [1.807, 2.05) is 31.2 Å². The molecule has 0 saturated carbocycles. The van der Waals surface area contributed by atoms with Crippen molar-refractivity contribution in [3.63, 3.8) is 0 Å². The van der Waals surface area contributed by atoms with Gasteiger partial charge in [0.1, 0.15) is 17.6 Å². The van der Waals surface area contributed by atoms with E-state index in [0.29, 0.717) is 24.5 Å². The second-order valence-electron chi connectivity index (χ2n) is 5.03. The van der Waals surface area contributed by atoms with Gasteiger partial charge in [-0.1, -0.05) is 19.1 Å². The van der Waals surface area contributed by atoms with Crippen molar-refractivity contribution in [3.8, 4) is 11.8 Å². The maximum atomic E-state index is 11.4. The van der Waals surface area contributed by atoms with Crippen LogP contribution >= 0.6 is 0 Å². The number of anilines is 1. The van der Waals surface area contributed by atoms with Gasteiger partial charge in [-0.2, -0.15) is 5.26 Å². The smallest absolute Gasteiger partial charge is 0.271 e. The van der Waals surface area contributed by atoms with E-state index in [-0.39, 0.29) is 11.6 Å². The lowest BCUT2D eigenvalue weighted by molar-refractivity contribution is 0.0957. The number of nitriles is 1. The van der Waals surface area contributed by atoms with Crippen LogP contribution in [-0.2, 0) is 6.54 Å². The minimum Gasteiger partial charge on any atom is -0.476 e. The lowest BCUT2D eigenvalue weighted by Crippen LogP contribution is -2.19. The summed E-state index contributed by atoms with van der Waals surface area (Å²) >= 11 is 0. The van der Waals surface area contributed by atoms with Crippen LogP contribution in [0.1, 0.15) is 29.4 Å². The zero-order valence-corrected chi connectivity index (χ0v) is 13.6. The van der Waals surface area contributed by atoms with Gasteiger partial charge in [-0.15, -0.1) is 10.2 Å². The molecule has 0 spiro atoms. The predicted molar refractivity (Wildman–Crippen MR) is 89.5 cm³/mol. The third kappa shape index (κ3) is 4.68. The first-order chi connectivity index (χ1) is 11.7. The zero-order chi connectivity index (χ0) is 17.4. The Morgan fingerprint density at radius 3 is 2.79 bits per heavy atom. The van der Waals surface area contributed by atoms with E-state index in [1.54, 1.807) is 19.2 Å². The minimum absolute atomic E-state index is 0.264. The first-order valence-electron chi connectivity index (χ1n) is 7.61. The number of nitrogens with zero attached hydrogens (tertiary/aromatic N) is 3. The topological polar surface area (TPSA) is 99.9 Å². The van der Waals surface area contributed by atoms with Crippen molar-refractivity contribution in [1.82, 2.24) is 15.5 Å². The number of ether oxygens (including phenoxy) is 1. The van der Waals surface area contributed by atoms with Gasteiger partial charge in [-0.25, -0.2) is 0 Å². The number of carbonyl (C=O) groups excluding carboxylic acids is 1. The molecule has 7 heteroatoms. The van der Waals surface area contributed by atoms with Crippen molar-refractivity contribution < 1.29 is 9.53 Å². The van der Waals surface area contributed by atoms with E-state index in [9.17, 15) is 4.79 Å². The largest absolute Gasteiger partial charge is 0.476 e. The molecule has 2 rings (SSSR count). The van der Waals surface area contributed by atoms with E-state index >= 15 is 0 Å². The first kappa shape index (κ1) is 17.2. The molecule has 1 aromatic carbocycles. The Morgan fingerprint density at radius 2 is 2.17 bits per heavy atom. The van der Waals surface area contributed by atoms with E-state index < -0.39 is 6.10 Å². The Balaban J connectivity index is 1.97. The summed E-state index contributed by atoms with van der Waals surface area (Å²) in [7, 11) is 1.54. The number of benzene rings is 1. The molecule has 0 aliphatic carbocycles. The average Bonchev–Trinajstić information content (AvgIpc) is 2.64. The highest BCUT2D eigenvalue weighted by molar-refractivity contribution is 5.91. The summed E-state index contributed by atoms with van der Waals surface area (Å²) in [4.78, 5) is 11.4. The summed E-state index contributed by atoms with van der Waals surface area (Å²) in [6.07, 6.45) is 0.183. The number of hydrogen-bond donors (Lipinski definition) is 2. The highest BCUT2D eigenvalue weighted by Crippen LogP contribution is 2.16. The summed E-state index contributed by atoms with van der Waals surface area (Å²) in [6, 6.07) is 12.9. The Labute approximate surface area is 140 Å². The molecule has 2 aromatic rings. The van der Waals surface area contributed by atoms with Crippen LogP contribution in [0, 0.1) is 11.3 Å². The molecule has 1 heterocycles. The molecule has 24 heavy (non-hydrogen) atoms. The van der Waals surface area contributed by atoms with Crippen LogP contribution in [0.2, 0.25) is 0 Å². The van der Waals surface area contributed by atoms with Crippen LogP contribution < -0.4 is 15.4 Å². The predicted octanol–water partition coefficient (Wildman–Crippen LogP) is 2.13. The second-order valence-corrected chi connectivity index (χ2v) is 5.03. The first-order valence-corrected chi connectivity index (χ1v) is 7.61. The lowest BCUT2D eigenvalue weighted by atomic mass is 10.2. The second kappa shape index (κ2) is 8.48. The van der Waals surface area contributed by atoms with Gasteiger partial charge < -0.3 is 15.4 Å². The molecule has 0 bridgehead atoms. The fourth-order valence-electron chi connectivity index (χ4n) is 1.96. The summed E-state index contributed by atoms with van der Waals surface area (Å²) in [5, 5.41) is 22.4. The molecular weight excluding hydrogens is 306 g/mol. The van der Waals surface area contributed by atoms with Crippen molar-refractivity contribution in [2.24, 2.45) is 0 Å². The molecule has 0 saturated heterocycles. The number of rotatable bonds is 7. The van der Waals surface area contributed by atoms with Gasteiger partial charge >= 0.3 is 0 Å². The van der Waals surface area contributed by atoms with Crippen LogP contribution in [0.5, 0.6) is 5.75 Å². The summed E-state index contributed by atoms with van der Waals surface area (Å²) in [6.45, 7) is 2.43. The zero-order valence-electron chi connectivity index (χ0n) is 13.6. The lowest BCUT2D eigenvalue weighted by Gasteiger charge is -2.12. The molecule has 0 aliphatic rings. The fraction of sp³-hybridized carbons (Fsp3) is 0.294. The van der Waals surface area contributed by atoms with Gasteiger partial charge in [0.2, 0.25) is 0 Å². The van der Waals surface area contributed by atoms with Crippen LogP contribution in [0.25, 0.3) is 0 Å². The van der Waals surface area contributed by atoms with Gasteiger partial charge in [0.25, 0.3) is 5.91 Å². The molecular formula is C17H19N5O2. The normalized spacial score (nSPS) is 11.2. The van der Waals surface area contributed by atoms with Gasteiger partial charge in [0.05, 0.1) is 0 Å². The van der Waals surface area contributed by atoms with Crippen LogP contribution in [0.3, 0.4) is 0 Å². The summed E-state index contributed by atoms with van der Waals surface area (Å²) in [5.74, 6) is 0.947. The molecule has 0 radical (unpaired) electrons. The van der Waals surface area contributed by atoms with Gasteiger partial charge in [-0.3, -0.25) is 4.79 Å². The van der Waals surface area contributed by atoms with Crippen LogP contribution in [0.4, 0.5) is 5.82 Å².